The summed E-state index contributed by atoms with van der Waals surface area (Å²) in [6.45, 7) is 3.94. The van der Waals surface area contributed by atoms with E-state index >= 15 is 0 Å². The number of esters is 1. The second kappa shape index (κ2) is 8.55. The van der Waals surface area contributed by atoms with Gasteiger partial charge in [0, 0.05) is 5.56 Å². The van der Waals surface area contributed by atoms with Crippen LogP contribution in [0.2, 0.25) is 10.0 Å². The van der Waals surface area contributed by atoms with E-state index < -0.39 is 5.97 Å². The van der Waals surface area contributed by atoms with Crippen LogP contribution >= 0.6 is 34.5 Å². The molecule has 0 N–H and O–H groups in total. The van der Waals surface area contributed by atoms with E-state index in [1.807, 2.05) is 43.3 Å². The fraction of sp³-hybridized carbons (Fsp3) is 0.143. The van der Waals surface area contributed by atoms with Gasteiger partial charge < -0.3 is 4.74 Å². The maximum atomic E-state index is 12.4. The molecule has 0 fully saturated rings. The number of rotatable bonds is 5. The molecule has 0 unspecified atom stereocenters. The van der Waals surface area contributed by atoms with Crippen LogP contribution in [0.15, 0.2) is 48.5 Å². The predicted molar refractivity (Wildman–Crippen MR) is 119 cm³/mol. The molecular formula is C21H16Cl2N4O2S. The molecule has 4 aromatic rings. The Bertz CT molecular complexity index is 1240. The SMILES string of the molecule is CCOC(=O)c1nn(-c2ccccc2Cl)c(-c2nnc(-c3cccc(C)c3)s2)c1Cl. The summed E-state index contributed by atoms with van der Waals surface area (Å²) in [5, 5.41) is 14.9. The number of halogens is 2. The molecule has 152 valence electrons. The van der Waals surface area contributed by atoms with Gasteiger partial charge in [-0.2, -0.15) is 5.10 Å². The maximum Gasteiger partial charge on any atom is 0.360 e. The highest BCUT2D eigenvalue weighted by molar-refractivity contribution is 7.18. The topological polar surface area (TPSA) is 69.9 Å². The van der Waals surface area contributed by atoms with Gasteiger partial charge in [0.2, 0.25) is 0 Å². The molecule has 9 heteroatoms. The summed E-state index contributed by atoms with van der Waals surface area (Å²) in [6.07, 6.45) is 0. The van der Waals surface area contributed by atoms with Crippen molar-refractivity contribution in [3.05, 3.63) is 69.8 Å². The van der Waals surface area contributed by atoms with Gasteiger partial charge in [0.1, 0.15) is 15.7 Å². The molecule has 0 atom stereocenters. The Morgan fingerprint density at radius 2 is 1.87 bits per heavy atom. The van der Waals surface area contributed by atoms with Gasteiger partial charge in [0.15, 0.2) is 10.7 Å². The van der Waals surface area contributed by atoms with Crippen LogP contribution in [0.25, 0.3) is 27.0 Å². The minimum atomic E-state index is -0.613. The summed E-state index contributed by atoms with van der Waals surface area (Å²) in [4.78, 5) is 12.4. The van der Waals surface area contributed by atoms with Crippen LogP contribution in [-0.2, 0) is 4.74 Å². The largest absolute Gasteiger partial charge is 0.461 e. The number of aryl methyl sites for hydroxylation is 1. The summed E-state index contributed by atoms with van der Waals surface area (Å²) in [5.41, 5.74) is 3.07. The molecule has 6 nitrogen and oxygen atoms in total. The van der Waals surface area contributed by atoms with Gasteiger partial charge in [0.05, 0.1) is 17.3 Å². The van der Waals surface area contributed by atoms with E-state index in [1.165, 1.54) is 16.0 Å². The predicted octanol–water partition coefficient (Wildman–Crippen LogP) is 5.85. The van der Waals surface area contributed by atoms with Crippen molar-refractivity contribution in [1.29, 1.82) is 0 Å². The molecule has 2 heterocycles. The lowest BCUT2D eigenvalue weighted by Gasteiger charge is -2.07. The first kappa shape index (κ1) is 20.5. The third kappa shape index (κ3) is 3.84. The van der Waals surface area contributed by atoms with Crippen molar-refractivity contribution in [2.75, 3.05) is 6.61 Å². The highest BCUT2D eigenvalue weighted by Gasteiger charge is 2.27. The smallest absolute Gasteiger partial charge is 0.360 e. The molecule has 2 aromatic carbocycles. The normalized spacial score (nSPS) is 10.9. The Morgan fingerprint density at radius 3 is 2.60 bits per heavy atom. The second-order valence-corrected chi connectivity index (χ2v) is 8.14. The lowest BCUT2D eigenvalue weighted by molar-refractivity contribution is 0.0519. The average Bonchev–Trinajstić information content (AvgIpc) is 3.33. The first-order chi connectivity index (χ1) is 14.5. The summed E-state index contributed by atoms with van der Waals surface area (Å²) >= 11 is 14.3. The number of para-hydroxylation sites is 1. The number of carbonyl (C=O) groups excluding carboxylic acids is 1. The molecule has 30 heavy (non-hydrogen) atoms. The number of nitrogens with zero attached hydrogens (tertiary/aromatic N) is 4. The number of carbonyl (C=O) groups is 1. The van der Waals surface area contributed by atoms with Crippen LogP contribution in [-0.4, -0.2) is 32.6 Å². The monoisotopic (exact) mass is 458 g/mol. The molecule has 0 spiro atoms. The molecule has 2 aromatic heterocycles. The Kier molecular flexibility index (Phi) is 5.85. The highest BCUT2D eigenvalue weighted by atomic mass is 35.5. The van der Waals surface area contributed by atoms with Crippen molar-refractivity contribution in [2.45, 2.75) is 13.8 Å². The number of hydrogen-bond donors (Lipinski definition) is 0. The number of hydrogen-bond acceptors (Lipinski definition) is 6. The fourth-order valence-electron chi connectivity index (χ4n) is 2.92. The summed E-state index contributed by atoms with van der Waals surface area (Å²) in [5.74, 6) is -0.613. The van der Waals surface area contributed by atoms with Crippen LogP contribution in [0.5, 0.6) is 0 Å². The van der Waals surface area contributed by atoms with Crippen LogP contribution in [0, 0.1) is 6.92 Å². The van der Waals surface area contributed by atoms with Crippen molar-refractivity contribution in [3.8, 4) is 27.0 Å². The molecule has 0 aliphatic carbocycles. The number of benzene rings is 2. The van der Waals surface area contributed by atoms with Gasteiger partial charge in [-0.25, -0.2) is 9.48 Å². The van der Waals surface area contributed by atoms with Crippen LogP contribution in [0.4, 0.5) is 0 Å². The average molecular weight is 459 g/mol. The van der Waals surface area contributed by atoms with Crippen LogP contribution in [0.1, 0.15) is 23.0 Å². The van der Waals surface area contributed by atoms with Gasteiger partial charge in [-0.15, -0.1) is 10.2 Å². The molecule has 0 radical (unpaired) electrons. The van der Waals surface area contributed by atoms with Gasteiger partial charge >= 0.3 is 5.97 Å². The Balaban J connectivity index is 1.89. The van der Waals surface area contributed by atoms with Gasteiger partial charge in [0.25, 0.3) is 0 Å². The fourth-order valence-corrected chi connectivity index (χ4v) is 4.36. The Hall–Kier alpha value is -2.74. The molecule has 0 aliphatic rings. The lowest BCUT2D eigenvalue weighted by Crippen LogP contribution is -2.07. The standard InChI is InChI=1S/C21H16Cl2N4O2S/c1-3-29-21(28)17-16(23)18(27(26-17)15-10-5-4-9-14(15)22)20-25-24-19(30-20)13-8-6-7-12(2)11-13/h4-11H,3H2,1-2H3. The van der Waals surface area contributed by atoms with E-state index in [4.69, 9.17) is 27.9 Å². The summed E-state index contributed by atoms with van der Waals surface area (Å²) in [6, 6.07) is 15.1. The molecule has 0 aliphatic heterocycles. The molecule has 0 amide bonds. The van der Waals surface area contributed by atoms with E-state index in [-0.39, 0.29) is 17.3 Å². The minimum absolute atomic E-state index is 0.000687. The molecular weight excluding hydrogens is 443 g/mol. The van der Waals surface area contributed by atoms with Crippen molar-refractivity contribution in [3.63, 3.8) is 0 Å². The molecule has 0 saturated heterocycles. The molecule has 0 saturated carbocycles. The first-order valence-electron chi connectivity index (χ1n) is 9.11. The summed E-state index contributed by atoms with van der Waals surface area (Å²) < 4.78 is 6.61. The Morgan fingerprint density at radius 1 is 1.10 bits per heavy atom. The van der Waals surface area contributed by atoms with Crippen LogP contribution in [0.3, 0.4) is 0 Å². The van der Waals surface area contributed by atoms with Crippen molar-refractivity contribution < 1.29 is 9.53 Å². The van der Waals surface area contributed by atoms with Gasteiger partial charge in [-0.05, 0) is 32.0 Å². The zero-order chi connectivity index (χ0) is 21.3. The van der Waals surface area contributed by atoms with E-state index in [2.05, 4.69) is 15.3 Å². The lowest BCUT2D eigenvalue weighted by atomic mass is 10.1. The third-order valence-corrected chi connectivity index (χ3v) is 5.93. The summed E-state index contributed by atoms with van der Waals surface area (Å²) in [7, 11) is 0. The second-order valence-electron chi connectivity index (χ2n) is 6.38. The minimum Gasteiger partial charge on any atom is -0.461 e. The maximum absolute atomic E-state index is 12.4. The molecule has 4 rings (SSSR count). The van der Waals surface area contributed by atoms with E-state index in [0.717, 1.165) is 16.1 Å². The zero-order valence-corrected chi connectivity index (χ0v) is 18.4. The van der Waals surface area contributed by atoms with Crippen LogP contribution < -0.4 is 0 Å². The van der Waals surface area contributed by atoms with E-state index in [1.54, 1.807) is 19.1 Å². The first-order valence-corrected chi connectivity index (χ1v) is 10.7. The zero-order valence-electron chi connectivity index (χ0n) is 16.1. The van der Waals surface area contributed by atoms with E-state index in [9.17, 15) is 4.79 Å². The number of ether oxygens (including phenoxy) is 1. The van der Waals surface area contributed by atoms with E-state index in [0.29, 0.717) is 21.4 Å². The Labute approximate surface area is 187 Å². The highest BCUT2D eigenvalue weighted by Crippen LogP contribution is 2.38. The van der Waals surface area contributed by atoms with Crippen molar-refractivity contribution >= 4 is 40.5 Å². The van der Waals surface area contributed by atoms with Gasteiger partial charge in [-0.1, -0.05) is 70.4 Å². The number of aromatic nitrogens is 4. The van der Waals surface area contributed by atoms with Gasteiger partial charge in [-0.3, -0.25) is 0 Å². The third-order valence-electron chi connectivity index (χ3n) is 4.27. The quantitative estimate of drug-likeness (QED) is 0.350. The van der Waals surface area contributed by atoms with Crippen molar-refractivity contribution in [2.24, 2.45) is 0 Å². The van der Waals surface area contributed by atoms with Crippen molar-refractivity contribution in [1.82, 2.24) is 20.0 Å². The molecule has 0 bridgehead atoms.